The first-order valence-electron chi connectivity index (χ1n) is 19.6. The number of nitrogens with zero attached hydrogens (tertiary/aromatic N) is 4. The third-order valence-electron chi connectivity index (χ3n) is 12.8. The minimum atomic E-state index is -5.13. The van der Waals surface area contributed by atoms with Gasteiger partial charge in [-0.25, -0.2) is 27.6 Å². The molecule has 3 N–H and O–H groups in total. The number of carbonyl (C=O) groups is 4. The van der Waals surface area contributed by atoms with Gasteiger partial charge in [0.25, 0.3) is 5.91 Å². The Hall–Kier alpha value is -4.75. The van der Waals surface area contributed by atoms with E-state index >= 15 is 4.39 Å². The number of methoxy groups -OCH3 is 1. The summed E-state index contributed by atoms with van der Waals surface area (Å²) in [7, 11) is -2.78. The number of sulfonamides is 1. The molecule has 20 heteroatoms. The minimum Gasteiger partial charge on any atom is -0.483 e. The number of nitrogens with one attached hydrogen (secondary N) is 2. The summed E-state index contributed by atoms with van der Waals surface area (Å²) in [6, 6.07) is -0.433. The Morgan fingerprint density at radius 2 is 1.81 bits per heavy atom. The lowest BCUT2D eigenvalue weighted by atomic mass is 9.86. The van der Waals surface area contributed by atoms with E-state index in [-0.39, 0.29) is 52.6 Å². The van der Waals surface area contributed by atoms with Crippen LogP contribution in [0.15, 0.2) is 24.3 Å². The summed E-state index contributed by atoms with van der Waals surface area (Å²) in [6.45, 7) is 3.80. The van der Waals surface area contributed by atoms with Gasteiger partial charge in [0.15, 0.2) is 0 Å². The van der Waals surface area contributed by atoms with Gasteiger partial charge in [-0.05, 0) is 72.3 Å². The second-order valence-electron chi connectivity index (χ2n) is 17.3. The maximum absolute atomic E-state index is 16.8. The van der Waals surface area contributed by atoms with Crippen LogP contribution in [0, 0.1) is 12.8 Å². The first-order valence-corrected chi connectivity index (χ1v) is 21.1. The molecule has 2 saturated carbocycles. The molecule has 0 radical (unpaired) electrons. The number of alkyl halides is 4. The van der Waals surface area contributed by atoms with Gasteiger partial charge in [0.05, 0.1) is 35.2 Å². The average molecular weight is 853 g/mol. The Morgan fingerprint density at radius 1 is 1.10 bits per heavy atom. The largest absolute Gasteiger partial charge is 0.483 e. The number of ether oxygens (including phenoxy) is 2. The number of aromatic nitrogens is 2. The van der Waals surface area contributed by atoms with E-state index in [0.717, 1.165) is 4.90 Å². The fraction of sp³-hybridized carbons (Fsp3) is 0.641. The van der Waals surface area contributed by atoms with Crippen LogP contribution in [0.1, 0.15) is 102 Å². The Bertz CT molecular complexity index is 2230. The number of carboxylic acid groups (broad SMARTS) is 1. The Labute approximate surface area is 338 Å². The third-order valence-corrected chi connectivity index (χ3v) is 14.9. The number of hydrogen-bond acceptors (Lipinski definition) is 10. The molecule has 3 aliphatic heterocycles. The average Bonchev–Trinajstić information content (AvgIpc) is 4.04. The molecule has 7 rings (SSSR count). The monoisotopic (exact) mass is 852 g/mol. The van der Waals surface area contributed by atoms with E-state index in [2.05, 4.69) is 20.0 Å². The number of carbonyl (C=O) groups excluding carboxylic acids is 3. The van der Waals surface area contributed by atoms with Crippen molar-refractivity contribution in [1.82, 2.24) is 29.8 Å². The first kappa shape index (κ1) is 42.4. The summed E-state index contributed by atoms with van der Waals surface area (Å²) in [5, 5.41) is 13.0. The zero-order valence-electron chi connectivity index (χ0n) is 33.3. The standard InChI is InChI=1S/C39H48F4N6O9S/c1-21-30-28(29-24(44-21)13-14-27(45-29)57-5)23(40)18-37(58-30)19-26-31(50)46-38(33(52)47-59(55,56)36(4)15-16-36)17-22(38)11-9-7-6-8-10-12-25(32(51)48(26)20-37)49(34(53)54)35(2,3)39(41,42)43/h9,11,13-14,22-23,25-26H,6-8,10,12,15-20H2,1-5H3,(H,46,50)(H,47,52)(H,53,54)/b11-9-/t22-,23-,25+,26+,37-,38-/m1/s1. The number of rotatable bonds is 6. The molecule has 0 unspecified atom stereocenters. The lowest BCUT2D eigenvalue weighted by molar-refractivity contribution is -0.220. The van der Waals surface area contributed by atoms with Crippen molar-refractivity contribution >= 4 is 44.9 Å². The molecule has 1 saturated heterocycles. The van der Waals surface area contributed by atoms with E-state index in [9.17, 15) is 45.9 Å². The zero-order valence-corrected chi connectivity index (χ0v) is 34.1. The molecule has 0 aromatic carbocycles. The van der Waals surface area contributed by atoms with Crippen molar-refractivity contribution < 1.29 is 59.7 Å². The van der Waals surface area contributed by atoms with Gasteiger partial charge in [-0.2, -0.15) is 13.2 Å². The molecule has 2 aromatic rings. The van der Waals surface area contributed by atoms with Crippen molar-refractivity contribution in [3.8, 4) is 11.6 Å². The van der Waals surface area contributed by atoms with E-state index in [1.54, 1.807) is 31.2 Å². The predicted octanol–water partition coefficient (Wildman–Crippen LogP) is 5.16. The van der Waals surface area contributed by atoms with Crippen molar-refractivity contribution in [3.05, 3.63) is 35.5 Å². The van der Waals surface area contributed by atoms with E-state index in [1.165, 1.54) is 14.0 Å². The number of amides is 4. The van der Waals surface area contributed by atoms with Crippen molar-refractivity contribution in [2.75, 3.05) is 13.7 Å². The smallest absolute Gasteiger partial charge is 0.411 e. The predicted molar refractivity (Wildman–Crippen MR) is 202 cm³/mol. The molecule has 4 amide bonds. The maximum Gasteiger partial charge on any atom is 0.411 e. The lowest BCUT2D eigenvalue weighted by Crippen LogP contribution is -2.65. The summed E-state index contributed by atoms with van der Waals surface area (Å²) >= 11 is 0. The van der Waals surface area contributed by atoms with Gasteiger partial charge >= 0.3 is 12.3 Å². The summed E-state index contributed by atoms with van der Waals surface area (Å²) in [5.41, 5.74) is -5.77. The molecule has 59 heavy (non-hydrogen) atoms. The molecular weight excluding hydrogens is 805 g/mol. The molecule has 6 atom stereocenters. The second kappa shape index (κ2) is 14.5. The highest BCUT2D eigenvalue weighted by Gasteiger charge is 2.65. The van der Waals surface area contributed by atoms with Crippen molar-refractivity contribution in [1.29, 1.82) is 0 Å². The molecule has 322 valence electrons. The van der Waals surface area contributed by atoms with Crippen LogP contribution >= 0.6 is 0 Å². The van der Waals surface area contributed by atoms with Gasteiger partial charge in [0, 0.05) is 24.8 Å². The second-order valence-corrected chi connectivity index (χ2v) is 19.4. The number of halogens is 4. The van der Waals surface area contributed by atoms with E-state index in [4.69, 9.17) is 9.47 Å². The summed E-state index contributed by atoms with van der Waals surface area (Å²) < 4.78 is 99.8. The molecule has 1 spiro atoms. The van der Waals surface area contributed by atoms with Crippen LogP contribution < -0.4 is 19.5 Å². The van der Waals surface area contributed by atoms with Crippen molar-refractivity contribution in [2.24, 2.45) is 5.92 Å². The van der Waals surface area contributed by atoms with Gasteiger partial charge in [-0.3, -0.25) is 24.0 Å². The Balaban J connectivity index is 1.32. The lowest BCUT2D eigenvalue weighted by Gasteiger charge is -2.43. The maximum atomic E-state index is 16.8. The molecule has 0 bridgehead atoms. The fourth-order valence-corrected chi connectivity index (χ4v) is 9.98. The molecule has 3 fully saturated rings. The molecule has 2 aromatic heterocycles. The van der Waals surface area contributed by atoms with E-state index in [0.29, 0.717) is 51.5 Å². The Kier molecular flexibility index (Phi) is 10.4. The first-order chi connectivity index (χ1) is 27.5. The van der Waals surface area contributed by atoms with Crippen molar-refractivity contribution in [2.45, 2.75) is 138 Å². The van der Waals surface area contributed by atoms with Gasteiger partial charge in [0.2, 0.25) is 27.7 Å². The number of aryl methyl sites for hydroxylation is 1. The van der Waals surface area contributed by atoms with Crippen molar-refractivity contribution in [3.63, 3.8) is 0 Å². The van der Waals surface area contributed by atoms with Gasteiger partial charge in [-0.15, -0.1) is 0 Å². The Morgan fingerprint density at radius 3 is 2.46 bits per heavy atom. The summed E-state index contributed by atoms with van der Waals surface area (Å²) in [6.07, 6.45) is -4.63. The summed E-state index contributed by atoms with van der Waals surface area (Å²) in [4.78, 5) is 66.3. The quantitative estimate of drug-likeness (QED) is 0.256. The van der Waals surface area contributed by atoms with Gasteiger partial charge in [0.1, 0.15) is 46.2 Å². The highest BCUT2D eigenvalue weighted by molar-refractivity contribution is 7.91. The number of pyridine rings is 2. The van der Waals surface area contributed by atoms with Crippen LogP contribution in [-0.4, -0.2) is 110 Å². The van der Waals surface area contributed by atoms with Crippen LogP contribution in [0.5, 0.6) is 11.6 Å². The molecular formula is C39H48F4N6O9S. The van der Waals surface area contributed by atoms with Crippen LogP contribution in [0.4, 0.5) is 22.4 Å². The number of allylic oxidation sites excluding steroid dienone is 1. The van der Waals surface area contributed by atoms with Crippen LogP contribution in [0.2, 0.25) is 0 Å². The third kappa shape index (κ3) is 7.32. The number of fused-ring (bicyclic) bond motifs is 5. The van der Waals surface area contributed by atoms with Crippen LogP contribution in [0.3, 0.4) is 0 Å². The number of hydrogen-bond donors (Lipinski definition) is 3. The fourth-order valence-electron chi connectivity index (χ4n) is 8.67. The molecule has 5 heterocycles. The van der Waals surface area contributed by atoms with E-state index < -0.39 is 105 Å². The normalized spacial score (nSPS) is 30.1. The van der Waals surface area contributed by atoms with Crippen LogP contribution in [0.25, 0.3) is 11.0 Å². The SMILES string of the molecule is COc1ccc2nc(C)c3c(c2n1)[C@H](F)C[C@]1(C[C@H]2C(=O)N[C@]4(C(=O)NS(=O)(=O)C5(C)CC5)C[C@H]4/C=C\CCCCC[C@H](N(C(=O)O)C(C)(C)C(F)(F)F)C(=O)N2C1)O3. The van der Waals surface area contributed by atoms with Gasteiger partial charge in [-0.1, -0.05) is 25.0 Å². The summed E-state index contributed by atoms with van der Waals surface area (Å²) in [5.74, 6) is -3.61. The highest BCUT2D eigenvalue weighted by atomic mass is 32.2. The molecule has 2 aliphatic carbocycles. The minimum absolute atomic E-state index is 0.000857. The molecule has 15 nitrogen and oxygen atoms in total. The van der Waals surface area contributed by atoms with E-state index in [1.807, 2.05) is 0 Å². The topological polar surface area (TPSA) is 197 Å². The van der Waals surface area contributed by atoms with Crippen LogP contribution in [-0.2, 0) is 24.4 Å². The zero-order chi connectivity index (χ0) is 43.1. The highest BCUT2D eigenvalue weighted by Crippen LogP contribution is 2.52. The molecule has 5 aliphatic rings. The van der Waals surface area contributed by atoms with Gasteiger partial charge < -0.3 is 24.8 Å².